The van der Waals surface area contributed by atoms with Gasteiger partial charge in [0.25, 0.3) is 5.56 Å². The van der Waals surface area contributed by atoms with E-state index in [-0.39, 0.29) is 11.4 Å². The molecule has 0 unspecified atom stereocenters. The van der Waals surface area contributed by atoms with Crippen LogP contribution in [0.4, 0.5) is 0 Å². The smallest absolute Gasteiger partial charge is 0.304 e. The molecule has 0 aliphatic heterocycles. The Hall–Kier alpha value is -1.21. The first-order valence-corrected chi connectivity index (χ1v) is 8.41. The molecule has 0 aliphatic rings. The third-order valence-corrected chi connectivity index (χ3v) is 6.17. The summed E-state index contributed by atoms with van der Waals surface area (Å²) in [5.74, 6) is 0.0373. The van der Waals surface area contributed by atoms with Crippen molar-refractivity contribution in [3.05, 3.63) is 34.6 Å². The molecule has 0 spiro atoms. The molecular weight excluding hydrogens is 289 g/mol. The van der Waals surface area contributed by atoms with Crippen molar-refractivity contribution in [2.75, 3.05) is 14.2 Å². The van der Waals surface area contributed by atoms with Crippen LogP contribution in [-0.4, -0.2) is 29.2 Å². The Labute approximate surface area is 113 Å². The van der Waals surface area contributed by atoms with E-state index in [1.165, 1.54) is 14.2 Å². The maximum absolute atomic E-state index is 12.1. The van der Waals surface area contributed by atoms with Crippen molar-refractivity contribution in [1.29, 1.82) is 0 Å². The zero-order chi connectivity index (χ0) is 13.9. The lowest BCUT2D eigenvalue weighted by Gasteiger charge is -2.12. The Morgan fingerprint density at radius 1 is 1.32 bits per heavy atom. The molecule has 0 N–H and O–H groups in total. The van der Waals surface area contributed by atoms with Crippen molar-refractivity contribution in [3.63, 3.8) is 0 Å². The minimum Gasteiger partial charge on any atom is -0.304 e. The number of rotatable bonds is 5. The Kier molecular flexibility index (Phi) is 4.36. The Balaban J connectivity index is 2.30. The van der Waals surface area contributed by atoms with E-state index >= 15 is 0 Å². The molecule has 1 heterocycles. The van der Waals surface area contributed by atoms with Gasteiger partial charge in [-0.15, -0.1) is 5.10 Å². The average molecular weight is 301 g/mol. The summed E-state index contributed by atoms with van der Waals surface area (Å²) in [5.41, 5.74) is 0.229. The zero-order valence-corrected chi connectivity index (χ0v) is 12.1. The molecule has 7 nitrogen and oxygen atoms in total. The lowest BCUT2D eigenvalue weighted by molar-refractivity contribution is 0.295. The van der Waals surface area contributed by atoms with E-state index in [2.05, 4.69) is 10.3 Å². The molecule has 0 bridgehead atoms. The first-order chi connectivity index (χ1) is 9.09. The van der Waals surface area contributed by atoms with E-state index in [0.29, 0.717) is 10.9 Å². The SMILES string of the molecule is COP(=O)(OC)SCn1nnc2ccccc2c1=O. The maximum atomic E-state index is 12.1. The van der Waals surface area contributed by atoms with Crippen molar-refractivity contribution in [2.24, 2.45) is 0 Å². The van der Waals surface area contributed by atoms with Gasteiger partial charge in [-0.25, -0.2) is 4.57 Å². The molecule has 19 heavy (non-hydrogen) atoms. The molecule has 2 aromatic rings. The van der Waals surface area contributed by atoms with Crippen LogP contribution >= 0.6 is 18.2 Å². The van der Waals surface area contributed by atoms with E-state index in [4.69, 9.17) is 9.05 Å². The van der Waals surface area contributed by atoms with Crippen molar-refractivity contribution < 1.29 is 13.6 Å². The van der Waals surface area contributed by atoms with Crippen LogP contribution in [0.2, 0.25) is 0 Å². The van der Waals surface area contributed by atoms with E-state index in [1.807, 2.05) is 0 Å². The highest BCUT2D eigenvalue weighted by atomic mass is 32.7. The van der Waals surface area contributed by atoms with Gasteiger partial charge in [-0.05, 0) is 23.5 Å². The van der Waals surface area contributed by atoms with Crippen LogP contribution in [0.5, 0.6) is 0 Å². The van der Waals surface area contributed by atoms with Crippen molar-refractivity contribution in [1.82, 2.24) is 15.0 Å². The van der Waals surface area contributed by atoms with Crippen LogP contribution in [0, 0.1) is 0 Å². The molecule has 1 aromatic carbocycles. The Morgan fingerprint density at radius 2 is 2.00 bits per heavy atom. The zero-order valence-electron chi connectivity index (χ0n) is 10.3. The van der Waals surface area contributed by atoms with Crippen LogP contribution < -0.4 is 5.56 Å². The summed E-state index contributed by atoms with van der Waals surface area (Å²) in [6.07, 6.45) is 0. The summed E-state index contributed by atoms with van der Waals surface area (Å²) in [6.45, 7) is -3.24. The van der Waals surface area contributed by atoms with Gasteiger partial charge < -0.3 is 9.05 Å². The standard InChI is InChI=1S/C10H12N3O4PS/c1-16-18(15,17-2)19-7-13-10(14)8-5-3-4-6-9(8)11-12-13/h3-6H,7H2,1-2H3. The molecule has 0 saturated carbocycles. The van der Waals surface area contributed by atoms with Crippen molar-refractivity contribution in [2.45, 2.75) is 5.88 Å². The van der Waals surface area contributed by atoms with Gasteiger partial charge in [-0.3, -0.25) is 4.79 Å². The molecule has 0 fully saturated rings. The van der Waals surface area contributed by atoms with Gasteiger partial charge in [0.1, 0.15) is 11.4 Å². The first-order valence-electron chi connectivity index (χ1n) is 5.28. The fraction of sp³-hybridized carbons (Fsp3) is 0.300. The lowest BCUT2D eigenvalue weighted by atomic mass is 10.2. The van der Waals surface area contributed by atoms with Crippen LogP contribution in [0.25, 0.3) is 10.9 Å². The van der Waals surface area contributed by atoms with E-state index in [0.717, 1.165) is 16.1 Å². The number of benzene rings is 1. The quantitative estimate of drug-likeness (QED) is 0.780. The highest BCUT2D eigenvalue weighted by Gasteiger charge is 2.22. The van der Waals surface area contributed by atoms with Crippen LogP contribution in [-0.2, 0) is 19.5 Å². The van der Waals surface area contributed by atoms with Gasteiger partial charge in [0.2, 0.25) is 0 Å². The molecular formula is C10H12N3O4PS. The van der Waals surface area contributed by atoms with Gasteiger partial charge >= 0.3 is 6.80 Å². The highest BCUT2D eigenvalue weighted by molar-refractivity contribution is 8.54. The second kappa shape index (κ2) is 5.83. The molecule has 0 saturated heterocycles. The fourth-order valence-electron chi connectivity index (χ4n) is 1.41. The third-order valence-electron chi connectivity index (χ3n) is 2.41. The van der Waals surface area contributed by atoms with Crippen molar-refractivity contribution >= 4 is 29.1 Å². The molecule has 2 rings (SSSR count). The summed E-state index contributed by atoms with van der Waals surface area (Å²) in [5, 5.41) is 8.16. The second-order valence-electron chi connectivity index (χ2n) is 3.48. The van der Waals surface area contributed by atoms with E-state index < -0.39 is 6.80 Å². The minimum atomic E-state index is -3.24. The molecule has 102 valence electrons. The monoisotopic (exact) mass is 301 g/mol. The molecule has 0 atom stereocenters. The minimum absolute atomic E-state index is 0.0373. The fourth-order valence-corrected chi connectivity index (χ4v) is 3.58. The molecule has 0 radical (unpaired) electrons. The Morgan fingerprint density at radius 3 is 2.68 bits per heavy atom. The van der Waals surface area contributed by atoms with Crippen LogP contribution in [0.3, 0.4) is 0 Å². The third kappa shape index (κ3) is 3.03. The van der Waals surface area contributed by atoms with Gasteiger partial charge in [-0.2, -0.15) is 4.68 Å². The molecule has 0 aliphatic carbocycles. The van der Waals surface area contributed by atoms with Gasteiger partial charge in [0.05, 0.1) is 5.39 Å². The summed E-state index contributed by atoms with van der Waals surface area (Å²) in [4.78, 5) is 12.1. The number of aromatic nitrogens is 3. The Bertz CT molecular complexity index is 682. The second-order valence-corrected chi connectivity index (χ2v) is 7.74. The summed E-state index contributed by atoms with van der Waals surface area (Å²) >= 11 is 0.871. The lowest BCUT2D eigenvalue weighted by Crippen LogP contribution is -2.23. The first kappa shape index (κ1) is 14.2. The van der Waals surface area contributed by atoms with E-state index in [9.17, 15) is 9.36 Å². The molecule has 9 heteroatoms. The number of fused-ring (bicyclic) bond motifs is 1. The van der Waals surface area contributed by atoms with Crippen LogP contribution in [0.15, 0.2) is 29.1 Å². The van der Waals surface area contributed by atoms with Gasteiger partial charge in [0.15, 0.2) is 0 Å². The largest absolute Gasteiger partial charge is 0.390 e. The normalized spacial score (nSPS) is 11.9. The molecule has 1 aromatic heterocycles. The summed E-state index contributed by atoms with van der Waals surface area (Å²) in [6, 6.07) is 6.90. The highest BCUT2D eigenvalue weighted by Crippen LogP contribution is 2.59. The van der Waals surface area contributed by atoms with Crippen molar-refractivity contribution in [3.8, 4) is 0 Å². The van der Waals surface area contributed by atoms with Gasteiger partial charge in [-0.1, -0.05) is 17.3 Å². The van der Waals surface area contributed by atoms with Gasteiger partial charge in [0, 0.05) is 14.2 Å². The number of nitrogens with zero attached hydrogens (tertiary/aromatic N) is 3. The summed E-state index contributed by atoms with van der Waals surface area (Å²) < 4.78 is 22.5. The van der Waals surface area contributed by atoms with E-state index in [1.54, 1.807) is 24.3 Å². The summed E-state index contributed by atoms with van der Waals surface area (Å²) in [7, 11) is 2.57. The average Bonchev–Trinajstić information content (AvgIpc) is 2.46. The topological polar surface area (TPSA) is 83.3 Å². The molecule has 0 amide bonds. The predicted molar refractivity (Wildman–Crippen MR) is 73.0 cm³/mol. The maximum Gasteiger partial charge on any atom is 0.390 e. The van der Waals surface area contributed by atoms with Crippen LogP contribution in [0.1, 0.15) is 0 Å². The number of hydrogen-bond donors (Lipinski definition) is 0. The number of hydrogen-bond acceptors (Lipinski definition) is 7. The predicted octanol–water partition coefficient (Wildman–Crippen LogP) is 1.88.